The van der Waals surface area contributed by atoms with Crippen molar-refractivity contribution in [2.24, 2.45) is 5.41 Å². The molecular formula is C33H36O2. The summed E-state index contributed by atoms with van der Waals surface area (Å²) in [6.45, 7) is 5.92. The standard InChI is InChI=1S/C33H36O2/c1-29(2,3)28(34)35-33-22-30(25-13-7-4-8-14-25)19-31(23-33,26-15-9-5-10-16-26)21-32(20-30,24-33)27-17-11-6-12-18-27/h4-18H,19-24H2,1-3H3. The summed E-state index contributed by atoms with van der Waals surface area (Å²) in [5.74, 6) is -0.0749. The molecule has 4 saturated carbocycles. The maximum absolute atomic E-state index is 13.4. The normalized spacial score (nSPS) is 33.5. The quantitative estimate of drug-likeness (QED) is 0.373. The number of carbonyl (C=O) groups is 1. The highest BCUT2D eigenvalue weighted by Gasteiger charge is 2.70. The third-order valence-corrected chi connectivity index (χ3v) is 9.09. The number of esters is 1. The van der Waals surface area contributed by atoms with Crippen molar-refractivity contribution in [1.82, 2.24) is 0 Å². The Balaban J connectivity index is 1.59. The number of benzene rings is 3. The Bertz CT molecular complexity index is 1080. The molecule has 4 aliphatic carbocycles. The molecule has 7 rings (SSSR count). The van der Waals surface area contributed by atoms with Crippen molar-refractivity contribution >= 4 is 5.97 Å². The van der Waals surface area contributed by atoms with Gasteiger partial charge in [-0.2, -0.15) is 0 Å². The Morgan fingerprint density at radius 3 is 1.17 bits per heavy atom. The van der Waals surface area contributed by atoms with E-state index in [2.05, 4.69) is 91.0 Å². The molecule has 0 aromatic heterocycles. The van der Waals surface area contributed by atoms with E-state index in [9.17, 15) is 4.79 Å². The topological polar surface area (TPSA) is 26.3 Å². The van der Waals surface area contributed by atoms with Crippen LogP contribution in [-0.4, -0.2) is 11.6 Å². The van der Waals surface area contributed by atoms with E-state index in [4.69, 9.17) is 4.74 Å². The molecule has 3 aromatic carbocycles. The van der Waals surface area contributed by atoms with Crippen LogP contribution in [-0.2, 0) is 25.8 Å². The first-order valence-corrected chi connectivity index (χ1v) is 13.1. The van der Waals surface area contributed by atoms with Crippen molar-refractivity contribution in [2.75, 3.05) is 0 Å². The van der Waals surface area contributed by atoms with E-state index >= 15 is 0 Å². The number of hydrogen-bond donors (Lipinski definition) is 0. The molecule has 0 radical (unpaired) electrons. The van der Waals surface area contributed by atoms with Crippen LogP contribution in [0.3, 0.4) is 0 Å². The van der Waals surface area contributed by atoms with Gasteiger partial charge in [-0.15, -0.1) is 0 Å². The number of hydrogen-bond acceptors (Lipinski definition) is 2. The summed E-state index contributed by atoms with van der Waals surface area (Å²) in [6, 6.07) is 33.2. The first kappa shape index (κ1) is 22.6. The van der Waals surface area contributed by atoms with Crippen LogP contribution in [0.25, 0.3) is 0 Å². The molecule has 0 amide bonds. The molecule has 2 nitrogen and oxygen atoms in total. The van der Waals surface area contributed by atoms with Gasteiger partial charge in [-0.25, -0.2) is 0 Å². The molecule has 2 heteroatoms. The first-order chi connectivity index (χ1) is 16.7. The van der Waals surface area contributed by atoms with E-state index in [1.165, 1.54) is 16.7 Å². The van der Waals surface area contributed by atoms with Crippen LogP contribution in [0.1, 0.15) is 76.0 Å². The lowest BCUT2D eigenvalue weighted by Gasteiger charge is -2.70. The molecule has 180 valence electrons. The van der Waals surface area contributed by atoms with E-state index in [0.717, 1.165) is 38.5 Å². The van der Waals surface area contributed by atoms with Gasteiger partial charge in [-0.05, 0) is 76.0 Å². The van der Waals surface area contributed by atoms with Crippen LogP contribution < -0.4 is 0 Å². The second-order valence-corrected chi connectivity index (χ2v) is 12.8. The molecule has 3 aromatic rings. The van der Waals surface area contributed by atoms with Gasteiger partial charge in [0.15, 0.2) is 0 Å². The van der Waals surface area contributed by atoms with E-state index in [1.807, 2.05) is 20.8 Å². The van der Waals surface area contributed by atoms with Gasteiger partial charge >= 0.3 is 5.97 Å². The van der Waals surface area contributed by atoms with Gasteiger partial charge in [0, 0.05) is 16.2 Å². The number of rotatable bonds is 4. The maximum atomic E-state index is 13.4. The fourth-order valence-corrected chi connectivity index (χ4v) is 8.30. The molecule has 0 aliphatic heterocycles. The Morgan fingerprint density at radius 2 is 0.886 bits per heavy atom. The third kappa shape index (κ3) is 3.56. The van der Waals surface area contributed by atoms with Crippen LogP contribution in [0.15, 0.2) is 91.0 Å². The lowest BCUT2D eigenvalue weighted by atomic mass is 9.35. The SMILES string of the molecule is CC(C)(C)C(=O)OC12CC3(c4ccccc4)CC(c4ccccc4)(C1)CC(c1ccccc1)(C2)C3. The first-order valence-electron chi connectivity index (χ1n) is 13.1. The Hall–Kier alpha value is -2.87. The summed E-state index contributed by atoms with van der Waals surface area (Å²) in [6.07, 6.45) is 6.06. The highest BCUT2D eigenvalue weighted by molar-refractivity contribution is 5.76. The predicted molar refractivity (Wildman–Crippen MR) is 140 cm³/mol. The minimum atomic E-state index is -0.525. The van der Waals surface area contributed by atoms with Gasteiger partial charge in [0.05, 0.1) is 5.41 Å². The van der Waals surface area contributed by atoms with Crippen molar-refractivity contribution in [3.8, 4) is 0 Å². The van der Waals surface area contributed by atoms with Crippen molar-refractivity contribution in [2.45, 2.75) is 81.1 Å². The largest absolute Gasteiger partial charge is 0.459 e. The predicted octanol–water partition coefficient (Wildman–Crippen LogP) is 7.51. The third-order valence-electron chi connectivity index (χ3n) is 9.09. The maximum Gasteiger partial charge on any atom is 0.311 e. The second kappa shape index (κ2) is 7.56. The van der Waals surface area contributed by atoms with Crippen LogP contribution in [0.2, 0.25) is 0 Å². The summed E-state index contributed by atoms with van der Waals surface area (Å²) in [4.78, 5) is 13.4. The highest BCUT2D eigenvalue weighted by atomic mass is 16.6. The fourth-order valence-electron chi connectivity index (χ4n) is 8.30. The van der Waals surface area contributed by atoms with Gasteiger partial charge in [-0.3, -0.25) is 4.79 Å². The van der Waals surface area contributed by atoms with Gasteiger partial charge in [0.2, 0.25) is 0 Å². The Kier molecular flexibility index (Phi) is 4.88. The lowest BCUT2D eigenvalue weighted by Crippen LogP contribution is -2.69. The smallest absolute Gasteiger partial charge is 0.311 e. The van der Waals surface area contributed by atoms with E-state index in [1.54, 1.807) is 0 Å². The molecule has 4 fully saturated rings. The summed E-state index contributed by atoms with van der Waals surface area (Å²) in [7, 11) is 0. The van der Waals surface area contributed by atoms with Crippen LogP contribution in [0, 0.1) is 5.41 Å². The molecule has 0 heterocycles. The van der Waals surface area contributed by atoms with E-state index in [0.29, 0.717) is 0 Å². The minimum absolute atomic E-state index is 0.0279. The minimum Gasteiger partial charge on any atom is -0.459 e. The zero-order chi connectivity index (χ0) is 24.4. The van der Waals surface area contributed by atoms with Gasteiger partial charge < -0.3 is 4.74 Å². The van der Waals surface area contributed by atoms with Crippen LogP contribution in [0.4, 0.5) is 0 Å². The van der Waals surface area contributed by atoms with Crippen molar-refractivity contribution in [3.05, 3.63) is 108 Å². The summed E-state index contributed by atoms with van der Waals surface area (Å²) < 4.78 is 6.72. The average Bonchev–Trinajstić information content (AvgIpc) is 2.84. The molecule has 0 spiro atoms. The van der Waals surface area contributed by atoms with E-state index < -0.39 is 11.0 Å². The molecule has 0 saturated heterocycles. The number of ether oxygens (including phenoxy) is 1. The Labute approximate surface area is 209 Å². The van der Waals surface area contributed by atoms with Crippen molar-refractivity contribution in [3.63, 3.8) is 0 Å². The lowest BCUT2D eigenvalue weighted by molar-refractivity contribution is -0.208. The Morgan fingerprint density at radius 1 is 0.571 bits per heavy atom. The molecule has 4 bridgehead atoms. The summed E-state index contributed by atoms with van der Waals surface area (Å²) >= 11 is 0. The number of carbonyl (C=O) groups excluding carboxylic acids is 1. The molecular weight excluding hydrogens is 428 g/mol. The molecule has 4 aliphatic rings. The van der Waals surface area contributed by atoms with Gasteiger partial charge in [0.25, 0.3) is 0 Å². The van der Waals surface area contributed by atoms with Gasteiger partial charge in [-0.1, -0.05) is 91.0 Å². The molecule has 0 N–H and O–H groups in total. The van der Waals surface area contributed by atoms with Gasteiger partial charge in [0.1, 0.15) is 5.60 Å². The molecule has 0 unspecified atom stereocenters. The van der Waals surface area contributed by atoms with Crippen molar-refractivity contribution in [1.29, 1.82) is 0 Å². The molecule has 35 heavy (non-hydrogen) atoms. The highest BCUT2D eigenvalue weighted by Crippen LogP contribution is 2.72. The molecule has 0 atom stereocenters. The van der Waals surface area contributed by atoms with E-state index in [-0.39, 0.29) is 22.2 Å². The van der Waals surface area contributed by atoms with Crippen LogP contribution >= 0.6 is 0 Å². The fraction of sp³-hybridized carbons (Fsp3) is 0.424. The zero-order valence-electron chi connectivity index (χ0n) is 21.2. The summed E-state index contributed by atoms with van der Waals surface area (Å²) in [5.41, 5.74) is 3.12. The second-order valence-electron chi connectivity index (χ2n) is 12.8. The monoisotopic (exact) mass is 464 g/mol. The average molecular weight is 465 g/mol. The zero-order valence-corrected chi connectivity index (χ0v) is 21.2. The van der Waals surface area contributed by atoms with Crippen molar-refractivity contribution < 1.29 is 9.53 Å². The van der Waals surface area contributed by atoms with Crippen LogP contribution in [0.5, 0.6) is 0 Å². The summed E-state index contributed by atoms with van der Waals surface area (Å²) in [5, 5.41) is 0.